The number of pyridine rings is 1. The summed E-state index contributed by atoms with van der Waals surface area (Å²) in [4.78, 5) is 18.4. The molecule has 0 unspecified atom stereocenters. The van der Waals surface area contributed by atoms with E-state index in [1.807, 2.05) is 11.8 Å². The van der Waals surface area contributed by atoms with Crippen LogP contribution in [0.4, 0.5) is 0 Å². The Morgan fingerprint density at radius 3 is 3.05 bits per heavy atom. The van der Waals surface area contributed by atoms with Crippen molar-refractivity contribution in [1.82, 2.24) is 9.88 Å². The van der Waals surface area contributed by atoms with E-state index in [1.54, 1.807) is 12.3 Å². The fraction of sp³-hybridized carbons (Fsp3) is 0.625. The number of amides is 1. The quantitative estimate of drug-likeness (QED) is 0.914. The molecule has 0 bridgehead atoms. The number of rotatable bonds is 2. The van der Waals surface area contributed by atoms with Gasteiger partial charge >= 0.3 is 0 Å². The van der Waals surface area contributed by atoms with Gasteiger partial charge in [-0.05, 0) is 31.2 Å². The third-order valence-electron chi connectivity index (χ3n) is 5.17. The number of hydrogen-bond acceptors (Lipinski definition) is 3. The van der Waals surface area contributed by atoms with E-state index < -0.39 is 5.60 Å². The number of halogens is 1. The minimum Gasteiger partial charge on any atom is -0.390 e. The van der Waals surface area contributed by atoms with Crippen molar-refractivity contribution in [2.24, 2.45) is 11.8 Å². The van der Waals surface area contributed by atoms with E-state index in [1.165, 1.54) is 6.20 Å². The topological polar surface area (TPSA) is 53.4 Å². The van der Waals surface area contributed by atoms with Crippen molar-refractivity contribution in [2.45, 2.75) is 38.2 Å². The molecular formula is C16H21ClN2O2. The smallest absolute Gasteiger partial charge is 0.255 e. The number of aromatic nitrogens is 1. The first-order chi connectivity index (χ1) is 10.0. The van der Waals surface area contributed by atoms with Gasteiger partial charge in [0.15, 0.2) is 0 Å². The summed E-state index contributed by atoms with van der Waals surface area (Å²) in [5, 5.41) is 11.3. The maximum absolute atomic E-state index is 12.6. The Balaban J connectivity index is 1.78. The van der Waals surface area contributed by atoms with Crippen LogP contribution in [0.15, 0.2) is 18.5 Å². The van der Waals surface area contributed by atoms with Crippen LogP contribution in [-0.4, -0.2) is 39.6 Å². The molecule has 21 heavy (non-hydrogen) atoms. The highest BCUT2D eigenvalue weighted by molar-refractivity contribution is 6.30. The molecule has 0 aromatic carbocycles. The van der Waals surface area contributed by atoms with Crippen molar-refractivity contribution >= 4 is 17.5 Å². The highest BCUT2D eigenvalue weighted by Gasteiger charge is 2.48. The Morgan fingerprint density at radius 2 is 2.33 bits per heavy atom. The Bertz CT molecular complexity index is 551. The predicted octanol–water partition coefficient (Wildman–Crippen LogP) is 2.75. The third-order valence-corrected chi connectivity index (χ3v) is 5.37. The van der Waals surface area contributed by atoms with E-state index in [4.69, 9.17) is 11.6 Å². The summed E-state index contributed by atoms with van der Waals surface area (Å²) in [7, 11) is 0. The van der Waals surface area contributed by atoms with Gasteiger partial charge in [0.05, 0.1) is 16.2 Å². The lowest BCUT2D eigenvalue weighted by Gasteiger charge is -2.40. The second-order valence-electron chi connectivity index (χ2n) is 6.32. The lowest BCUT2D eigenvalue weighted by Crippen LogP contribution is -2.44. The standard InChI is InChI=1S/C16H21ClN2O2/c1-2-16(21)5-3-4-11-9-19(10-14(11)16)15(20)12-6-13(17)8-18-7-12/h6-8,11,14,21H,2-5,9-10H2,1H3/t11-,14+,16-/m1/s1. The molecule has 2 aliphatic rings. The molecule has 1 aliphatic heterocycles. The van der Waals surface area contributed by atoms with Crippen LogP contribution in [0.5, 0.6) is 0 Å². The Morgan fingerprint density at radius 1 is 1.52 bits per heavy atom. The van der Waals surface area contributed by atoms with Crippen LogP contribution in [0.2, 0.25) is 5.02 Å². The molecule has 1 aromatic rings. The number of carbonyl (C=O) groups excluding carboxylic acids is 1. The van der Waals surface area contributed by atoms with Crippen LogP contribution < -0.4 is 0 Å². The van der Waals surface area contributed by atoms with Crippen LogP contribution in [0.1, 0.15) is 43.0 Å². The maximum Gasteiger partial charge on any atom is 0.255 e. The zero-order valence-corrected chi connectivity index (χ0v) is 13.0. The molecule has 1 aromatic heterocycles. The van der Waals surface area contributed by atoms with Gasteiger partial charge < -0.3 is 10.0 Å². The first-order valence-electron chi connectivity index (χ1n) is 7.65. The first kappa shape index (κ1) is 14.8. The Kier molecular flexibility index (Phi) is 3.93. The van der Waals surface area contributed by atoms with Crippen molar-refractivity contribution in [3.05, 3.63) is 29.0 Å². The molecule has 1 N–H and O–H groups in total. The van der Waals surface area contributed by atoms with Gasteiger partial charge in [-0.15, -0.1) is 0 Å². The average Bonchev–Trinajstić information content (AvgIpc) is 2.92. The number of carbonyl (C=O) groups is 1. The number of likely N-dealkylation sites (tertiary alicyclic amines) is 1. The number of nitrogens with zero attached hydrogens (tertiary/aromatic N) is 2. The summed E-state index contributed by atoms with van der Waals surface area (Å²) in [5.74, 6) is 0.588. The molecule has 5 heteroatoms. The molecule has 1 saturated carbocycles. The van der Waals surface area contributed by atoms with Gasteiger partial charge in [0.1, 0.15) is 0 Å². The molecule has 2 heterocycles. The second kappa shape index (κ2) is 5.58. The van der Waals surface area contributed by atoms with Crippen molar-refractivity contribution in [3.8, 4) is 0 Å². The molecule has 2 fully saturated rings. The molecule has 1 saturated heterocycles. The third kappa shape index (κ3) is 2.67. The number of hydrogen-bond donors (Lipinski definition) is 1. The molecule has 3 rings (SSSR count). The molecule has 3 atom stereocenters. The highest BCUT2D eigenvalue weighted by Crippen LogP contribution is 2.44. The maximum atomic E-state index is 12.6. The largest absolute Gasteiger partial charge is 0.390 e. The van der Waals surface area contributed by atoms with E-state index in [0.29, 0.717) is 23.0 Å². The summed E-state index contributed by atoms with van der Waals surface area (Å²) >= 11 is 5.91. The SMILES string of the molecule is CC[C@@]1(O)CCC[C@@H]2CN(C(=O)c3cncc(Cl)c3)C[C@@H]21. The first-order valence-corrected chi connectivity index (χ1v) is 8.03. The van der Waals surface area contributed by atoms with Gasteiger partial charge in [-0.3, -0.25) is 9.78 Å². The normalized spacial score (nSPS) is 32.0. The molecular weight excluding hydrogens is 288 g/mol. The van der Waals surface area contributed by atoms with E-state index in [2.05, 4.69) is 4.98 Å². The second-order valence-corrected chi connectivity index (χ2v) is 6.75. The summed E-state index contributed by atoms with van der Waals surface area (Å²) in [6.07, 6.45) is 6.84. The van der Waals surface area contributed by atoms with Crippen molar-refractivity contribution in [1.29, 1.82) is 0 Å². The number of fused-ring (bicyclic) bond motifs is 1. The van der Waals surface area contributed by atoms with E-state index in [0.717, 1.165) is 32.2 Å². The molecule has 114 valence electrons. The average molecular weight is 309 g/mol. The van der Waals surface area contributed by atoms with E-state index in [-0.39, 0.29) is 11.8 Å². The number of aliphatic hydroxyl groups is 1. The Hall–Kier alpha value is -1.13. The highest BCUT2D eigenvalue weighted by atomic mass is 35.5. The van der Waals surface area contributed by atoms with Crippen LogP contribution in [0.3, 0.4) is 0 Å². The van der Waals surface area contributed by atoms with Gasteiger partial charge in [0, 0.05) is 31.4 Å². The van der Waals surface area contributed by atoms with Crippen molar-refractivity contribution < 1.29 is 9.90 Å². The summed E-state index contributed by atoms with van der Waals surface area (Å²) in [6.45, 7) is 3.41. The molecule has 0 radical (unpaired) electrons. The lowest BCUT2D eigenvalue weighted by molar-refractivity contribution is -0.0609. The fourth-order valence-corrected chi connectivity index (χ4v) is 4.12. The summed E-state index contributed by atoms with van der Waals surface area (Å²) in [6, 6.07) is 1.66. The molecule has 1 amide bonds. The Labute approximate surface area is 130 Å². The minimum absolute atomic E-state index is 0.0298. The van der Waals surface area contributed by atoms with Gasteiger partial charge in [-0.2, -0.15) is 0 Å². The van der Waals surface area contributed by atoms with Crippen LogP contribution in [0, 0.1) is 11.8 Å². The van der Waals surface area contributed by atoms with Crippen molar-refractivity contribution in [2.75, 3.05) is 13.1 Å². The van der Waals surface area contributed by atoms with Crippen LogP contribution >= 0.6 is 11.6 Å². The minimum atomic E-state index is -0.607. The van der Waals surface area contributed by atoms with Crippen molar-refractivity contribution in [3.63, 3.8) is 0 Å². The van der Waals surface area contributed by atoms with Crippen LogP contribution in [-0.2, 0) is 0 Å². The fourth-order valence-electron chi connectivity index (χ4n) is 3.94. The zero-order chi connectivity index (χ0) is 15.0. The van der Waals surface area contributed by atoms with Crippen LogP contribution in [0.25, 0.3) is 0 Å². The summed E-state index contributed by atoms with van der Waals surface area (Å²) in [5.41, 5.74) is -0.0777. The zero-order valence-electron chi connectivity index (χ0n) is 12.3. The van der Waals surface area contributed by atoms with Gasteiger partial charge in [0.2, 0.25) is 0 Å². The predicted molar refractivity (Wildman–Crippen MR) is 81.2 cm³/mol. The molecule has 0 spiro atoms. The van der Waals surface area contributed by atoms with E-state index in [9.17, 15) is 9.90 Å². The lowest BCUT2D eigenvalue weighted by atomic mass is 9.69. The van der Waals surface area contributed by atoms with Gasteiger partial charge in [0.25, 0.3) is 5.91 Å². The molecule has 4 nitrogen and oxygen atoms in total. The van der Waals surface area contributed by atoms with Gasteiger partial charge in [-0.25, -0.2) is 0 Å². The van der Waals surface area contributed by atoms with Gasteiger partial charge in [-0.1, -0.05) is 24.9 Å². The summed E-state index contributed by atoms with van der Waals surface area (Å²) < 4.78 is 0. The monoisotopic (exact) mass is 308 g/mol. The molecule has 1 aliphatic carbocycles. The van der Waals surface area contributed by atoms with E-state index >= 15 is 0 Å².